The maximum Gasteiger partial charge on any atom is 0.320 e. The Labute approximate surface area is 107 Å². The Morgan fingerprint density at radius 2 is 2.06 bits per heavy atom. The maximum absolute atomic E-state index is 10.6. The normalized spacial score (nSPS) is 13.8. The van der Waals surface area contributed by atoms with E-state index in [9.17, 15) is 4.79 Å². The molecule has 1 unspecified atom stereocenters. The molecule has 0 aliphatic carbocycles. The molecule has 0 amide bonds. The molecule has 3 N–H and O–H groups in total. The number of nitrogens with two attached hydrogens (primary N) is 1. The molecule has 0 radical (unpaired) electrons. The number of carboxylic acid groups (broad SMARTS) is 1. The first-order valence-corrected chi connectivity index (χ1v) is 5.77. The molecule has 1 aromatic rings. The molecular formula is C14H18N2O2. The molecule has 0 fully saturated rings. The van der Waals surface area contributed by atoms with Crippen LogP contribution in [0.3, 0.4) is 0 Å². The second-order valence-corrected chi connectivity index (χ2v) is 4.08. The summed E-state index contributed by atoms with van der Waals surface area (Å²) in [6.45, 7) is 3.86. The van der Waals surface area contributed by atoms with Crippen LogP contribution < -0.4 is 5.73 Å². The summed E-state index contributed by atoms with van der Waals surface area (Å²) < 4.78 is 0. The Balaban J connectivity index is 2.68. The van der Waals surface area contributed by atoms with E-state index in [1.807, 2.05) is 44.2 Å². The fourth-order valence-corrected chi connectivity index (χ4v) is 1.33. The molecule has 0 aliphatic rings. The van der Waals surface area contributed by atoms with E-state index >= 15 is 0 Å². The van der Waals surface area contributed by atoms with Crippen molar-refractivity contribution in [3.8, 4) is 0 Å². The lowest BCUT2D eigenvalue weighted by Crippen LogP contribution is -2.32. The molecule has 0 saturated heterocycles. The highest BCUT2D eigenvalue weighted by atomic mass is 16.4. The molecule has 1 aromatic carbocycles. The maximum atomic E-state index is 10.6. The topological polar surface area (TPSA) is 75.7 Å². The van der Waals surface area contributed by atoms with Gasteiger partial charge >= 0.3 is 5.97 Å². The van der Waals surface area contributed by atoms with Crippen LogP contribution in [-0.4, -0.2) is 23.3 Å². The Kier molecular flexibility index (Phi) is 5.27. The summed E-state index contributed by atoms with van der Waals surface area (Å²) in [7, 11) is 0. The van der Waals surface area contributed by atoms with Gasteiger partial charge in [-0.05, 0) is 31.4 Å². The fourth-order valence-electron chi connectivity index (χ4n) is 1.33. The van der Waals surface area contributed by atoms with E-state index < -0.39 is 12.0 Å². The van der Waals surface area contributed by atoms with Crippen LogP contribution in [0, 0.1) is 0 Å². The van der Waals surface area contributed by atoms with E-state index in [2.05, 4.69) is 4.99 Å². The monoisotopic (exact) mass is 246 g/mol. The number of benzene rings is 1. The van der Waals surface area contributed by atoms with Crippen LogP contribution in [0.5, 0.6) is 0 Å². The van der Waals surface area contributed by atoms with Gasteiger partial charge in [0.1, 0.15) is 6.04 Å². The number of nitrogens with zero attached hydrogens (tertiary/aromatic N) is 1. The largest absolute Gasteiger partial charge is 0.480 e. The Bertz CT molecular complexity index is 461. The molecule has 96 valence electrons. The third-order valence-corrected chi connectivity index (χ3v) is 2.59. The van der Waals surface area contributed by atoms with E-state index in [0.717, 1.165) is 16.8 Å². The minimum Gasteiger partial charge on any atom is -0.480 e. The average Bonchev–Trinajstić information content (AvgIpc) is 2.37. The van der Waals surface area contributed by atoms with Crippen molar-refractivity contribution >= 4 is 12.2 Å². The smallest absolute Gasteiger partial charge is 0.320 e. The van der Waals surface area contributed by atoms with Crippen LogP contribution in [0.25, 0.3) is 0 Å². The van der Waals surface area contributed by atoms with Gasteiger partial charge < -0.3 is 10.8 Å². The van der Waals surface area contributed by atoms with E-state index in [0.29, 0.717) is 6.42 Å². The number of aliphatic imine (C=N–C) groups is 1. The molecule has 0 heterocycles. The lowest BCUT2D eigenvalue weighted by atomic mass is 10.1. The quantitative estimate of drug-likeness (QED) is 0.780. The lowest BCUT2D eigenvalue weighted by Gasteiger charge is -2.06. The van der Waals surface area contributed by atoms with Gasteiger partial charge in [0.25, 0.3) is 0 Å². The predicted molar refractivity (Wildman–Crippen MR) is 72.8 cm³/mol. The van der Waals surface area contributed by atoms with Gasteiger partial charge in [0.05, 0.1) is 0 Å². The summed E-state index contributed by atoms with van der Waals surface area (Å²) in [4.78, 5) is 14.9. The van der Waals surface area contributed by atoms with Crippen molar-refractivity contribution in [3.05, 3.63) is 47.2 Å². The molecular weight excluding hydrogens is 228 g/mol. The standard InChI is InChI=1S/C14H18N2O2/c1-3-10(2)16-9-12-6-4-11(5-7-12)8-13(15)14(17)18/h3-7,9,13H,8,15H2,1-2H3,(H,17,18). The number of allylic oxidation sites excluding steroid dienone is 2. The minimum absolute atomic E-state index is 0.334. The molecule has 4 nitrogen and oxygen atoms in total. The first kappa shape index (κ1) is 14.1. The third kappa shape index (κ3) is 4.51. The molecule has 18 heavy (non-hydrogen) atoms. The number of carboxylic acids is 1. The van der Waals surface area contributed by atoms with Gasteiger partial charge in [-0.2, -0.15) is 0 Å². The first-order chi connectivity index (χ1) is 8.52. The Morgan fingerprint density at radius 3 is 2.56 bits per heavy atom. The summed E-state index contributed by atoms with van der Waals surface area (Å²) in [5.41, 5.74) is 8.30. The minimum atomic E-state index is -0.982. The van der Waals surface area contributed by atoms with E-state index in [1.165, 1.54) is 0 Å². The molecule has 4 heteroatoms. The van der Waals surface area contributed by atoms with Crippen molar-refractivity contribution in [1.29, 1.82) is 0 Å². The number of hydrogen-bond donors (Lipinski definition) is 2. The van der Waals surface area contributed by atoms with Gasteiger partial charge in [-0.1, -0.05) is 30.3 Å². The zero-order valence-corrected chi connectivity index (χ0v) is 10.6. The van der Waals surface area contributed by atoms with Crippen molar-refractivity contribution in [2.75, 3.05) is 0 Å². The molecule has 0 aromatic heterocycles. The van der Waals surface area contributed by atoms with E-state index in [4.69, 9.17) is 10.8 Å². The molecule has 0 saturated carbocycles. The fraction of sp³-hybridized carbons (Fsp3) is 0.286. The van der Waals surface area contributed by atoms with Gasteiger partial charge in [-0.15, -0.1) is 0 Å². The van der Waals surface area contributed by atoms with Crippen LogP contribution in [0.4, 0.5) is 0 Å². The second kappa shape index (κ2) is 6.71. The number of carbonyl (C=O) groups is 1. The van der Waals surface area contributed by atoms with Gasteiger partial charge in [0, 0.05) is 11.9 Å². The molecule has 1 rings (SSSR count). The summed E-state index contributed by atoms with van der Waals surface area (Å²) >= 11 is 0. The van der Waals surface area contributed by atoms with Crippen LogP contribution in [0.2, 0.25) is 0 Å². The highest BCUT2D eigenvalue weighted by Gasteiger charge is 2.11. The SMILES string of the molecule is CC=C(C)N=Cc1ccc(CC(N)C(=O)O)cc1. The highest BCUT2D eigenvalue weighted by Crippen LogP contribution is 2.06. The van der Waals surface area contributed by atoms with Crippen LogP contribution in [0.15, 0.2) is 41.0 Å². The number of hydrogen-bond acceptors (Lipinski definition) is 3. The van der Waals surface area contributed by atoms with Crippen LogP contribution in [-0.2, 0) is 11.2 Å². The van der Waals surface area contributed by atoms with Gasteiger partial charge in [-0.3, -0.25) is 9.79 Å². The van der Waals surface area contributed by atoms with Gasteiger partial charge in [0.2, 0.25) is 0 Å². The molecule has 0 bridgehead atoms. The van der Waals surface area contributed by atoms with Crippen molar-refractivity contribution in [2.24, 2.45) is 10.7 Å². The Hall–Kier alpha value is -1.94. The number of rotatable bonds is 5. The molecule has 0 spiro atoms. The summed E-state index contributed by atoms with van der Waals surface area (Å²) in [5.74, 6) is -0.982. The highest BCUT2D eigenvalue weighted by molar-refractivity contribution is 5.80. The summed E-state index contributed by atoms with van der Waals surface area (Å²) in [5, 5.41) is 8.72. The second-order valence-electron chi connectivity index (χ2n) is 4.08. The zero-order chi connectivity index (χ0) is 13.5. The molecule has 0 aliphatic heterocycles. The summed E-state index contributed by atoms with van der Waals surface area (Å²) in [6.07, 6.45) is 4.04. The average molecular weight is 246 g/mol. The Morgan fingerprint density at radius 1 is 1.44 bits per heavy atom. The van der Waals surface area contributed by atoms with Crippen molar-refractivity contribution < 1.29 is 9.90 Å². The van der Waals surface area contributed by atoms with Gasteiger partial charge in [-0.25, -0.2) is 0 Å². The molecule has 1 atom stereocenters. The van der Waals surface area contributed by atoms with Crippen LogP contribution >= 0.6 is 0 Å². The van der Waals surface area contributed by atoms with Crippen LogP contribution in [0.1, 0.15) is 25.0 Å². The first-order valence-electron chi connectivity index (χ1n) is 5.77. The van der Waals surface area contributed by atoms with Gasteiger partial charge in [0.15, 0.2) is 0 Å². The van der Waals surface area contributed by atoms with Crippen molar-refractivity contribution in [1.82, 2.24) is 0 Å². The lowest BCUT2D eigenvalue weighted by molar-refractivity contribution is -0.138. The van der Waals surface area contributed by atoms with Crippen molar-refractivity contribution in [3.63, 3.8) is 0 Å². The summed E-state index contributed by atoms with van der Waals surface area (Å²) in [6, 6.07) is 6.69. The van der Waals surface area contributed by atoms with E-state index in [1.54, 1.807) is 6.21 Å². The van der Waals surface area contributed by atoms with Crippen molar-refractivity contribution in [2.45, 2.75) is 26.3 Å². The zero-order valence-electron chi connectivity index (χ0n) is 10.6. The third-order valence-electron chi connectivity index (χ3n) is 2.59. The number of aliphatic carboxylic acids is 1. The van der Waals surface area contributed by atoms with E-state index in [-0.39, 0.29) is 0 Å². The predicted octanol–water partition coefficient (Wildman–Crippen LogP) is 1.98.